The topological polar surface area (TPSA) is 81.2 Å². The van der Waals surface area contributed by atoms with Crippen LogP contribution in [0.1, 0.15) is 28.5 Å². The number of nitrogens with zero attached hydrogens (tertiary/aromatic N) is 2. The molecule has 0 radical (unpaired) electrons. The molecule has 31 heavy (non-hydrogen) atoms. The van der Waals surface area contributed by atoms with Gasteiger partial charge in [0.25, 0.3) is 5.91 Å². The molecule has 0 saturated heterocycles. The normalized spacial score (nSPS) is 10.8. The van der Waals surface area contributed by atoms with Gasteiger partial charge in [0.05, 0.1) is 35.5 Å². The minimum Gasteiger partial charge on any atom is -0.466 e. The molecule has 0 fully saturated rings. The number of anilines is 1. The largest absolute Gasteiger partial charge is 0.466 e. The number of para-hydroxylation sites is 1. The molecule has 1 amide bonds. The lowest BCUT2D eigenvalue weighted by molar-refractivity contribution is -0.142. The first-order valence-electron chi connectivity index (χ1n) is 9.91. The van der Waals surface area contributed by atoms with Crippen LogP contribution in [-0.2, 0) is 16.0 Å². The summed E-state index contributed by atoms with van der Waals surface area (Å²) >= 11 is 1.27. The summed E-state index contributed by atoms with van der Waals surface area (Å²) in [5.41, 5.74) is 4.65. The third kappa shape index (κ3) is 4.78. The number of pyridine rings is 1. The molecule has 7 heteroatoms. The second-order valence-corrected chi connectivity index (χ2v) is 7.88. The first-order valence-corrected chi connectivity index (χ1v) is 10.8. The molecule has 156 valence electrons. The van der Waals surface area contributed by atoms with Gasteiger partial charge in [0, 0.05) is 16.3 Å². The zero-order valence-corrected chi connectivity index (χ0v) is 18.0. The molecule has 1 N–H and O–H groups in total. The van der Waals surface area contributed by atoms with E-state index in [-0.39, 0.29) is 18.3 Å². The smallest absolute Gasteiger partial charge is 0.311 e. The average Bonchev–Trinajstić information content (AvgIpc) is 3.20. The minimum atomic E-state index is -0.339. The van der Waals surface area contributed by atoms with E-state index < -0.39 is 0 Å². The molecular formula is C24H21N3O3S. The zero-order chi connectivity index (χ0) is 21.8. The fraction of sp³-hybridized carbons (Fsp3) is 0.167. The van der Waals surface area contributed by atoms with Crippen LogP contribution >= 0.6 is 11.3 Å². The molecule has 4 aromatic rings. The number of carbonyl (C=O) groups excluding carboxylic acids is 2. The highest BCUT2D eigenvalue weighted by Gasteiger charge is 2.16. The van der Waals surface area contributed by atoms with Crippen LogP contribution in [-0.4, -0.2) is 28.5 Å². The molecule has 0 aliphatic carbocycles. The van der Waals surface area contributed by atoms with E-state index in [0.717, 1.165) is 27.7 Å². The number of amides is 1. The quantitative estimate of drug-likeness (QED) is 0.433. The average molecular weight is 432 g/mol. The Morgan fingerprint density at radius 2 is 1.84 bits per heavy atom. The van der Waals surface area contributed by atoms with Gasteiger partial charge in [-0.3, -0.25) is 14.9 Å². The summed E-state index contributed by atoms with van der Waals surface area (Å²) in [5, 5.41) is 5.79. The van der Waals surface area contributed by atoms with Gasteiger partial charge in [-0.1, -0.05) is 48.0 Å². The summed E-state index contributed by atoms with van der Waals surface area (Å²) in [6.45, 7) is 4.11. The van der Waals surface area contributed by atoms with Crippen molar-refractivity contribution in [1.82, 2.24) is 9.97 Å². The highest BCUT2D eigenvalue weighted by Crippen LogP contribution is 2.26. The van der Waals surface area contributed by atoms with Crippen LogP contribution in [0, 0.1) is 6.92 Å². The van der Waals surface area contributed by atoms with Gasteiger partial charge in [0.1, 0.15) is 0 Å². The van der Waals surface area contributed by atoms with Crippen LogP contribution in [0.2, 0.25) is 0 Å². The maximum absolute atomic E-state index is 13.1. The van der Waals surface area contributed by atoms with Crippen LogP contribution in [0.25, 0.3) is 22.2 Å². The summed E-state index contributed by atoms with van der Waals surface area (Å²) in [6, 6.07) is 17.4. The number of ether oxygens (including phenoxy) is 1. The number of fused-ring (bicyclic) bond motifs is 1. The highest BCUT2D eigenvalue weighted by atomic mass is 32.1. The van der Waals surface area contributed by atoms with E-state index in [0.29, 0.717) is 23.0 Å². The number of hydrogen-bond donors (Lipinski definition) is 1. The molecule has 0 saturated carbocycles. The minimum absolute atomic E-state index is 0.0793. The summed E-state index contributed by atoms with van der Waals surface area (Å²) in [4.78, 5) is 33.9. The fourth-order valence-corrected chi connectivity index (χ4v) is 3.91. The van der Waals surface area contributed by atoms with Gasteiger partial charge in [0.2, 0.25) is 0 Å². The van der Waals surface area contributed by atoms with Crippen LogP contribution in [0.15, 0.2) is 60.0 Å². The van der Waals surface area contributed by atoms with Crippen molar-refractivity contribution < 1.29 is 14.3 Å². The van der Waals surface area contributed by atoms with E-state index in [9.17, 15) is 9.59 Å². The lowest BCUT2D eigenvalue weighted by Gasteiger charge is -2.10. The van der Waals surface area contributed by atoms with Gasteiger partial charge in [0.15, 0.2) is 5.13 Å². The Labute approximate surface area is 183 Å². The first kappa shape index (κ1) is 20.7. The van der Waals surface area contributed by atoms with Gasteiger partial charge in [-0.15, -0.1) is 11.3 Å². The molecule has 6 nitrogen and oxygen atoms in total. The van der Waals surface area contributed by atoms with Crippen molar-refractivity contribution in [3.8, 4) is 11.3 Å². The van der Waals surface area contributed by atoms with Crippen LogP contribution in [0.5, 0.6) is 0 Å². The van der Waals surface area contributed by atoms with Gasteiger partial charge >= 0.3 is 5.97 Å². The van der Waals surface area contributed by atoms with E-state index in [1.165, 1.54) is 11.3 Å². The molecule has 0 bridgehead atoms. The molecular weight excluding hydrogens is 410 g/mol. The van der Waals surface area contributed by atoms with E-state index in [1.807, 2.05) is 55.5 Å². The molecule has 4 rings (SSSR count). The van der Waals surface area contributed by atoms with Crippen LogP contribution < -0.4 is 5.32 Å². The fourth-order valence-electron chi connectivity index (χ4n) is 3.21. The molecule has 2 aromatic carbocycles. The number of esters is 1. The van der Waals surface area contributed by atoms with Crippen LogP contribution in [0.3, 0.4) is 0 Å². The van der Waals surface area contributed by atoms with Crippen molar-refractivity contribution in [3.63, 3.8) is 0 Å². The summed E-state index contributed by atoms with van der Waals surface area (Å²) in [5.74, 6) is -0.613. The molecule has 0 aliphatic heterocycles. The third-order valence-electron chi connectivity index (χ3n) is 4.71. The molecule has 0 unspecified atom stereocenters. The lowest BCUT2D eigenvalue weighted by Crippen LogP contribution is -2.13. The second-order valence-electron chi connectivity index (χ2n) is 7.02. The van der Waals surface area contributed by atoms with Crippen molar-refractivity contribution in [2.24, 2.45) is 0 Å². The molecule has 0 spiro atoms. The number of carbonyl (C=O) groups is 2. The Balaban J connectivity index is 1.64. The number of aryl methyl sites for hydroxylation is 1. The molecule has 0 atom stereocenters. The zero-order valence-electron chi connectivity index (χ0n) is 17.2. The van der Waals surface area contributed by atoms with E-state index in [4.69, 9.17) is 9.72 Å². The Hall–Kier alpha value is -3.58. The van der Waals surface area contributed by atoms with Crippen molar-refractivity contribution in [2.45, 2.75) is 20.3 Å². The maximum Gasteiger partial charge on any atom is 0.311 e. The Bertz CT molecular complexity index is 1250. The number of benzene rings is 2. The van der Waals surface area contributed by atoms with E-state index >= 15 is 0 Å². The number of thiazole rings is 1. The Morgan fingerprint density at radius 1 is 1.06 bits per heavy atom. The predicted octanol–water partition coefficient (Wildman–Crippen LogP) is 5.02. The summed E-state index contributed by atoms with van der Waals surface area (Å²) < 4.78 is 4.95. The van der Waals surface area contributed by atoms with Gasteiger partial charge in [-0.25, -0.2) is 9.97 Å². The first-order chi connectivity index (χ1) is 15.0. The van der Waals surface area contributed by atoms with Gasteiger partial charge in [-0.2, -0.15) is 0 Å². The van der Waals surface area contributed by atoms with E-state index in [2.05, 4.69) is 10.3 Å². The standard InChI is InChI=1S/C24H21N3O3S/c1-3-30-22(28)12-17-14-31-24(25-17)27-23(29)19-13-21(16-10-8-15(2)9-11-16)26-20-7-5-4-6-18(19)20/h4-11,13-14H,3,12H2,1-2H3,(H,25,27,29). The number of nitrogens with one attached hydrogen (secondary N) is 1. The van der Waals surface area contributed by atoms with Gasteiger partial charge < -0.3 is 4.74 Å². The molecule has 2 aromatic heterocycles. The highest BCUT2D eigenvalue weighted by molar-refractivity contribution is 7.14. The third-order valence-corrected chi connectivity index (χ3v) is 5.52. The lowest BCUT2D eigenvalue weighted by atomic mass is 10.0. The van der Waals surface area contributed by atoms with Crippen molar-refractivity contribution in [2.75, 3.05) is 11.9 Å². The number of hydrogen-bond acceptors (Lipinski definition) is 6. The summed E-state index contributed by atoms with van der Waals surface area (Å²) in [6.07, 6.45) is 0.0793. The summed E-state index contributed by atoms with van der Waals surface area (Å²) in [7, 11) is 0. The SMILES string of the molecule is CCOC(=O)Cc1csc(NC(=O)c2cc(-c3ccc(C)cc3)nc3ccccc23)n1. The second kappa shape index (κ2) is 9.06. The van der Waals surface area contributed by atoms with Crippen molar-refractivity contribution >= 4 is 39.2 Å². The number of aromatic nitrogens is 2. The Morgan fingerprint density at radius 3 is 2.61 bits per heavy atom. The monoisotopic (exact) mass is 431 g/mol. The number of rotatable bonds is 6. The van der Waals surface area contributed by atoms with Gasteiger partial charge in [-0.05, 0) is 26.0 Å². The predicted molar refractivity (Wildman–Crippen MR) is 122 cm³/mol. The molecule has 0 aliphatic rings. The van der Waals surface area contributed by atoms with Crippen molar-refractivity contribution in [3.05, 3.63) is 76.8 Å². The van der Waals surface area contributed by atoms with Crippen LogP contribution in [0.4, 0.5) is 5.13 Å². The Kier molecular flexibility index (Phi) is 6.04. The van der Waals surface area contributed by atoms with Crippen molar-refractivity contribution in [1.29, 1.82) is 0 Å². The maximum atomic E-state index is 13.1. The van der Waals surface area contributed by atoms with E-state index in [1.54, 1.807) is 18.4 Å². The molecule has 2 heterocycles.